The third-order valence-electron chi connectivity index (χ3n) is 6.13. The van der Waals surface area contributed by atoms with E-state index in [2.05, 4.69) is 0 Å². The highest BCUT2D eigenvalue weighted by molar-refractivity contribution is 5.95. The maximum atomic E-state index is 13.6. The molecule has 1 amide bonds. The first-order valence-corrected chi connectivity index (χ1v) is 11.6. The number of nitro groups is 1. The molecule has 188 valence electrons. The summed E-state index contributed by atoms with van der Waals surface area (Å²) in [5.41, 5.74) is 2.47. The van der Waals surface area contributed by atoms with E-state index < -0.39 is 11.0 Å². The molecule has 0 aromatic heterocycles. The summed E-state index contributed by atoms with van der Waals surface area (Å²) in [6.45, 7) is 3.10. The number of hydrogen-bond acceptors (Lipinski definition) is 7. The highest BCUT2D eigenvalue weighted by Crippen LogP contribution is 2.39. The summed E-state index contributed by atoms with van der Waals surface area (Å²) in [5, 5.41) is 11.0. The fraction of sp³-hybridized carbons (Fsp3) is 0.296. The van der Waals surface area contributed by atoms with Gasteiger partial charge in [0.1, 0.15) is 18.1 Å². The van der Waals surface area contributed by atoms with E-state index in [4.69, 9.17) is 18.9 Å². The van der Waals surface area contributed by atoms with Crippen LogP contribution in [0.15, 0.2) is 60.7 Å². The number of non-ortho nitro benzene ring substituents is 1. The second-order valence-electron chi connectivity index (χ2n) is 8.19. The van der Waals surface area contributed by atoms with Crippen LogP contribution in [0.4, 0.5) is 5.69 Å². The molecule has 0 saturated heterocycles. The summed E-state index contributed by atoms with van der Waals surface area (Å²) >= 11 is 0. The first-order valence-electron chi connectivity index (χ1n) is 11.6. The maximum absolute atomic E-state index is 13.6. The maximum Gasteiger partial charge on any atom is 0.269 e. The summed E-state index contributed by atoms with van der Waals surface area (Å²) in [6.07, 6.45) is 0.645. The van der Waals surface area contributed by atoms with Crippen LogP contribution in [-0.4, -0.2) is 49.7 Å². The average Bonchev–Trinajstić information content (AvgIpc) is 2.91. The molecule has 0 N–H and O–H groups in total. The number of hydrogen-bond donors (Lipinski definition) is 0. The summed E-state index contributed by atoms with van der Waals surface area (Å²) in [4.78, 5) is 25.9. The van der Waals surface area contributed by atoms with Crippen LogP contribution in [0.1, 0.15) is 34.5 Å². The van der Waals surface area contributed by atoms with Crippen molar-refractivity contribution in [2.45, 2.75) is 19.4 Å². The monoisotopic (exact) mass is 492 g/mol. The molecule has 0 aliphatic carbocycles. The molecule has 1 atom stereocenters. The zero-order valence-electron chi connectivity index (χ0n) is 20.4. The van der Waals surface area contributed by atoms with Gasteiger partial charge in [0.05, 0.1) is 31.8 Å². The number of nitro benzene ring substituents is 1. The molecule has 0 radical (unpaired) electrons. The van der Waals surface area contributed by atoms with Crippen LogP contribution in [0, 0.1) is 10.1 Å². The molecule has 9 heteroatoms. The number of carbonyl (C=O) groups is 1. The van der Waals surface area contributed by atoms with Crippen LogP contribution < -0.4 is 18.9 Å². The lowest BCUT2D eigenvalue weighted by atomic mass is 9.91. The Labute approximate surface area is 209 Å². The third-order valence-corrected chi connectivity index (χ3v) is 6.13. The number of nitrogens with zero attached hydrogens (tertiary/aromatic N) is 2. The number of fused-ring (bicyclic) bond motifs is 1. The molecular formula is C27H28N2O7. The number of amides is 1. The molecule has 0 saturated carbocycles. The molecule has 36 heavy (non-hydrogen) atoms. The summed E-state index contributed by atoms with van der Waals surface area (Å²) in [5.74, 6) is 2.23. The van der Waals surface area contributed by atoms with E-state index in [0.717, 1.165) is 11.1 Å². The van der Waals surface area contributed by atoms with Crippen LogP contribution in [0.25, 0.3) is 0 Å². The highest BCUT2D eigenvalue weighted by Gasteiger charge is 2.33. The van der Waals surface area contributed by atoms with Crippen molar-refractivity contribution >= 4 is 11.6 Å². The molecule has 0 spiro atoms. The third kappa shape index (κ3) is 5.19. The molecule has 9 nitrogen and oxygen atoms in total. The van der Waals surface area contributed by atoms with E-state index in [1.165, 1.54) is 12.1 Å². The predicted molar refractivity (Wildman–Crippen MR) is 133 cm³/mol. The van der Waals surface area contributed by atoms with Crippen molar-refractivity contribution in [1.82, 2.24) is 4.90 Å². The molecular weight excluding hydrogens is 464 g/mol. The SMILES string of the molecule is CCOc1ccc(C(=O)N2CCc3cc(OC)c(OC)cc3C2COc2ccc([N+](=O)[O-])cc2)cc1. The average molecular weight is 493 g/mol. The van der Waals surface area contributed by atoms with E-state index in [1.807, 2.05) is 19.1 Å². The van der Waals surface area contributed by atoms with Gasteiger partial charge in [0, 0.05) is 24.2 Å². The largest absolute Gasteiger partial charge is 0.494 e. The minimum Gasteiger partial charge on any atom is -0.494 e. The summed E-state index contributed by atoms with van der Waals surface area (Å²) in [6, 6.07) is 16.4. The van der Waals surface area contributed by atoms with Gasteiger partial charge in [-0.1, -0.05) is 0 Å². The molecule has 0 bridgehead atoms. The number of carbonyl (C=O) groups excluding carboxylic acids is 1. The van der Waals surface area contributed by atoms with Gasteiger partial charge in [-0.2, -0.15) is 0 Å². The Hall–Kier alpha value is -4.27. The van der Waals surface area contributed by atoms with Crippen LogP contribution in [0.2, 0.25) is 0 Å². The summed E-state index contributed by atoms with van der Waals surface area (Å²) < 4.78 is 22.5. The van der Waals surface area contributed by atoms with Gasteiger partial charge in [0.15, 0.2) is 11.5 Å². The van der Waals surface area contributed by atoms with E-state index in [-0.39, 0.29) is 18.2 Å². The topological polar surface area (TPSA) is 100 Å². The number of ether oxygens (including phenoxy) is 4. The summed E-state index contributed by atoms with van der Waals surface area (Å²) in [7, 11) is 3.16. The molecule has 1 heterocycles. The Morgan fingerprint density at radius 1 is 0.972 bits per heavy atom. The fourth-order valence-electron chi connectivity index (χ4n) is 4.32. The number of rotatable bonds is 9. The predicted octanol–water partition coefficient (Wildman–Crippen LogP) is 4.83. The molecule has 4 rings (SSSR count). The fourth-order valence-corrected chi connectivity index (χ4v) is 4.32. The minimum atomic E-state index is -0.460. The van der Waals surface area contributed by atoms with Crippen LogP contribution in [0.5, 0.6) is 23.0 Å². The second kappa shape index (κ2) is 11.0. The quantitative estimate of drug-likeness (QED) is 0.312. The molecule has 1 aliphatic heterocycles. The van der Waals surface area contributed by atoms with Crippen LogP contribution in [-0.2, 0) is 6.42 Å². The lowest BCUT2D eigenvalue weighted by Crippen LogP contribution is -2.42. The van der Waals surface area contributed by atoms with Gasteiger partial charge in [-0.05, 0) is 73.0 Å². The highest BCUT2D eigenvalue weighted by atomic mass is 16.6. The Kier molecular flexibility index (Phi) is 7.58. The Balaban J connectivity index is 1.65. The van der Waals surface area contributed by atoms with Gasteiger partial charge < -0.3 is 23.8 Å². The Morgan fingerprint density at radius 3 is 2.19 bits per heavy atom. The van der Waals surface area contributed by atoms with E-state index in [1.54, 1.807) is 55.5 Å². The van der Waals surface area contributed by atoms with Crippen molar-refractivity contribution < 1.29 is 28.7 Å². The van der Waals surface area contributed by atoms with Gasteiger partial charge in [-0.25, -0.2) is 0 Å². The van der Waals surface area contributed by atoms with Crippen molar-refractivity contribution in [2.24, 2.45) is 0 Å². The van der Waals surface area contributed by atoms with Gasteiger partial charge in [0.2, 0.25) is 0 Å². The zero-order valence-corrected chi connectivity index (χ0v) is 20.4. The smallest absolute Gasteiger partial charge is 0.269 e. The van der Waals surface area contributed by atoms with Crippen molar-refractivity contribution in [1.29, 1.82) is 0 Å². The van der Waals surface area contributed by atoms with Gasteiger partial charge in [-0.3, -0.25) is 14.9 Å². The van der Waals surface area contributed by atoms with E-state index in [9.17, 15) is 14.9 Å². The van der Waals surface area contributed by atoms with Gasteiger partial charge >= 0.3 is 0 Å². The van der Waals surface area contributed by atoms with Gasteiger partial charge in [-0.15, -0.1) is 0 Å². The first kappa shape index (κ1) is 24.8. The molecule has 3 aromatic carbocycles. The minimum absolute atomic E-state index is 0.0190. The normalized spacial score (nSPS) is 14.5. The second-order valence-corrected chi connectivity index (χ2v) is 8.19. The Bertz CT molecular complexity index is 1230. The molecule has 1 aliphatic rings. The van der Waals surface area contributed by atoms with Gasteiger partial charge in [0.25, 0.3) is 11.6 Å². The van der Waals surface area contributed by atoms with E-state index >= 15 is 0 Å². The zero-order chi connectivity index (χ0) is 25.7. The lowest BCUT2D eigenvalue weighted by molar-refractivity contribution is -0.384. The van der Waals surface area contributed by atoms with Crippen molar-refractivity contribution in [3.8, 4) is 23.0 Å². The number of methoxy groups -OCH3 is 2. The van der Waals surface area contributed by atoms with Crippen molar-refractivity contribution in [3.63, 3.8) is 0 Å². The number of benzene rings is 3. The van der Waals surface area contributed by atoms with Crippen molar-refractivity contribution in [2.75, 3.05) is 34.0 Å². The van der Waals surface area contributed by atoms with Crippen LogP contribution in [0.3, 0.4) is 0 Å². The first-order chi connectivity index (χ1) is 17.4. The van der Waals surface area contributed by atoms with Crippen molar-refractivity contribution in [3.05, 3.63) is 87.5 Å². The van der Waals surface area contributed by atoms with E-state index in [0.29, 0.717) is 48.1 Å². The Morgan fingerprint density at radius 2 is 1.58 bits per heavy atom. The molecule has 1 unspecified atom stereocenters. The standard InChI is InChI=1S/C27H28N2O7/c1-4-35-21-9-5-18(6-10-21)27(30)28-14-13-19-15-25(33-2)26(34-3)16-23(19)24(28)17-36-22-11-7-20(8-12-22)29(31)32/h5-12,15-16,24H,4,13-14,17H2,1-3H3. The lowest BCUT2D eigenvalue weighted by Gasteiger charge is -2.37. The molecule has 0 fully saturated rings. The van der Waals surface area contributed by atoms with Crippen LogP contribution >= 0.6 is 0 Å². The molecule has 3 aromatic rings.